The van der Waals surface area contributed by atoms with Crippen LogP contribution in [0.4, 0.5) is 10.1 Å². The van der Waals surface area contributed by atoms with Crippen molar-refractivity contribution in [3.8, 4) is 17.0 Å². The zero-order chi connectivity index (χ0) is 25.9. The summed E-state index contributed by atoms with van der Waals surface area (Å²) in [5.74, 6) is -0.0479. The number of aryl methyl sites for hydroxylation is 1. The van der Waals surface area contributed by atoms with Crippen LogP contribution in [0.15, 0.2) is 42.9 Å². The Morgan fingerprint density at radius 2 is 2.00 bits per heavy atom. The van der Waals surface area contributed by atoms with Gasteiger partial charge in [0.05, 0.1) is 43.0 Å². The molecule has 4 heterocycles. The molecule has 36 heavy (non-hydrogen) atoms. The highest BCUT2D eigenvalue weighted by atomic mass is 19.1. The quantitative estimate of drug-likeness (QED) is 0.462. The van der Waals surface area contributed by atoms with E-state index in [0.29, 0.717) is 30.3 Å². The van der Waals surface area contributed by atoms with Crippen LogP contribution in [0.1, 0.15) is 41.2 Å². The van der Waals surface area contributed by atoms with Crippen molar-refractivity contribution >= 4 is 11.6 Å². The minimum Gasteiger partial charge on any atom is -0.475 e. The van der Waals surface area contributed by atoms with Crippen LogP contribution in [-0.2, 0) is 20.7 Å². The Morgan fingerprint density at radius 1 is 1.22 bits per heavy atom. The molecule has 2 N–H and O–H groups in total. The Hall–Kier alpha value is -3.47. The number of aliphatic hydroxyl groups is 1. The first kappa shape index (κ1) is 25.6. The maximum Gasteiger partial charge on any atom is 0.255 e. The molecule has 3 aromatic heterocycles. The van der Waals surface area contributed by atoms with Crippen LogP contribution in [0, 0.1) is 6.92 Å². The van der Waals surface area contributed by atoms with Gasteiger partial charge in [0.25, 0.3) is 5.91 Å². The summed E-state index contributed by atoms with van der Waals surface area (Å²) in [6.45, 7) is 5.28. The molecule has 3 aromatic rings. The number of nitrogens with zero attached hydrogens (tertiary/aromatic N) is 3. The lowest BCUT2D eigenvalue weighted by Gasteiger charge is -2.40. The summed E-state index contributed by atoms with van der Waals surface area (Å²) in [4.78, 5) is 25.8. The molecule has 0 bridgehead atoms. The lowest BCUT2D eigenvalue weighted by atomic mass is 9.90. The van der Waals surface area contributed by atoms with Gasteiger partial charge in [0, 0.05) is 41.9 Å². The highest BCUT2D eigenvalue weighted by Crippen LogP contribution is 2.40. The second kappa shape index (κ2) is 10.3. The monoisotopic (exact) mass is 496 g/mol. The van der Waals surface area contributed by atoms with Crippen molar-refractivity contribution < 1.29 is 28.5 Å². The van der Waals surface area contributed by atoms with E-state index in [1.165, 1.54) is 32.2 Å². The third kappa shape index (κ3) is 5.20. The number of anilines is 1. The van der Waals surface area contributed by atoms with Crippen molar-refractivity contribution in [3.05, 3.63) is 65.4 Å². The summed E-state index contributed by atoms with van der Waals surface area (Å²) in [5.41, 5.74) is 1.48. The van der Waals surface area contributed by atoms with Crippen molar-refractivity contribution in [1.82, 2.24) is 15.0 Å². The van der Waals surface area contributed by atoms with Gasteiger partial charge in [-0.05, 0) is 45.0 Å². The number of alkyl halides is 1. The number of aliphatic hydroxyl groups excluding tert-OH is 1. The number of hydrogen-bond donors (Lipinski definition) is 2. The number of pyridine rings is 3. The molecule has 1 saturated heterocycles. The number of nitrogens with one attached hydrogen (secondary N) is 1. The molecule has 0 saturated carbocycles. The van der Waals surface area contributed by atoms with Gasteiger partial charge in [0.2, 0.25) is 5.88 Å². The van der Waals surface area contributed by atoms with Crippen LogP contribution < -0.4 is 10.1 Å². The number of rotatable bonds is 9. The summed E-state index contributed by atoms with van der Waals surface area (Å²) < 4.78 is 31.1. The number of amides is 1. The van der Waals surface area contributed by atoms with Gasteiger partial charge in [0.15, 0.2) is 0 Å². The average Bonchev–Trinajstić information content (AvgIpc) is 2.83. The van der Waals surface area contributed by atoms with E-state index in [9.17, 15) is 14.3 Å². The van der Waals surface area contributed by atoms with E-state index < -0.39 is 17.2 Å². The molecule has 0 unspecified atom stereocenters. The zero-order valence-electron chi connectivity index (χ0n) is 20.7. The van der Waals surface area contributed by atoms with E-state index in [4.69, 9.17) is 14.2 Å². The molecule has 0 atom stereocenters. The smallest absolute Gasteiger partial charge is 0.255 e. The van der Waals surface area contributed by atoms with Gasteiger partial charge >= 0.3 is 0 Å². The molecule has 0 aromatic carbocycles. The summed E-state index contributed by atoms with van der Waals surface area (Å²) in [5, 5.41) is 12.0. The molecule has 0 radical (unpaired) electrons. The number of hydrogen-bond acceptors (Lipinski definition) is 8. The van der Waals surface area contributed by atoms with Crippen molar-refractivity contribution in [2.24, 2.45) is 0 Å². The zero-order valence-corrected chi connectivity index (χ0v) is 20.7. The summed E-state index contributed by atoms with van der Waals surface area (Å²) in [6.07, 6.45) is 4.61. The van der Waals surface area contributed by atoms with E-state index in [2.05, 4.69) is 20.3 Å². The summed E-state index contributed by atoms with van der Waals surface area (Å²) >= 11 is 0. The Morgan fingerprint density at radius 3 is 2.64 bits per heavy atom. The molecule has 1 aliphatic heterocycles. The van der Waals surface area contributed by atoms with Crippen molar-refractivity contribution in [2.45, 2.75) is 32.0 Å². The van der Waals surface area contributed by atoms with Crippen LogP contribution in [0.2, 0.25) is 0 Å². The lowest BCUT2D eigenvalue weighted by Crippen LogP contribution is -2.48. The minimum absolute atomic E-state index is 0.0956. The molecule has 10 heteroatoms. The van der Waals surface area contributed by atoms with Gasteiger partial charge in [-0.2, -0.15) is 0 Å². The third-order valence-corrected chi connectivity index (χ3v) is 6.02. The molecule has 0 aliphatic carbocycles. The molecular formula is C26H29FN4O5. The Kier molecular flexibility index (Phi) is 7.30. The molecule has 1 aliphatic rings. The van der Waals surface area contributed by atoms with E-state index in [1.54, 1.807) is 25.6 Å². The summed E-state index contributed by atoms with van der Waals surface area (Å²) in [6, 6.07) is 6.66. The lowest BCUT2D eigenvalue weighted by molar-refractivity contribution is -0.203. The van der Waals surface area contributed by atoms with Gasteiger partial charge in [-0.25, -0.2) is 9.37 Å². The van der Waals surface area contributed by atoms with E-state index in [1.807, 2.05) is 13.0 Å². The minimum atomic E-state index is -1.67. The highest BCUT2D eigenvalue weighted by Gasteiger charge is 2.43. The van der Waals surface area contributed by atoms with Crippen molar-refractivity contribution in [3.63, 3.8) is 0 Å². The highest BCUT2D eigenvalue weighted by molar-refractivity contribution is 6.04. The maximum atomic E-state index is 14.3. The number of methoxy groups -OCH3 is 1. The third-order valence-electron chi connectivity index (χ3n) is 6.02. The Balaban J connectivity index is 1.65. The van der Waals surface area contributed by atoms with Crippen LogP contribution in [0.25, 0.3) is 11.1 Å². The fraction of sp³-hybridized carbons (Fsp3) is 0.385. The summed E-state index contributed by atoms with van der Waals surface area (Å²) in [7, 11) is 1.60. The number of aromatic nitrogens is 3. The molecule has 1 fully saturated rings. The first-order valence-corrected chi connectivity index (χ1v) is 11.5. The van der Waals surface area contributed by atoms with Crippen LogP contribution in [-0.4, -0.2) is 59.5 Å². The standard InChI is InChI=1S/C26H29FN4O5/c1-16-20(18-9-21(26(34-4)14-35-15-26)24(30-12-18)36-8-7-32)11-19(13-29-16)31-23(33)17-5-6-28-22(10-17)25(2,3)27/h5-6,9-13,32H,7-8,14-15H2,1-4H3,(H,31,33). The van der Waals surface area contributed by atoms with Gasteiger partial charge in [0.1, 0.15) is 17.9 Å². The number of carbonyl (C=O) groups excluding carboxylic acids is 1. The van der Waals surface area contributed by atoms with E-state index >= 15 is 0 Å². The van der Waals surface area contributed by atoms with E-state index in [-0.39, 0.29) is 24.5 Å². The largest absolute Gasteiger partial charge is 0.475 e. The van der Waals surface area contributed by atoms with Gasteiger partial charge in [-0.15, -0.1) is 0 Å². The van der Waals surface area contributed by atoms with Crippen LogP contribution in [0.5, 0.6) is 5.88 Å². The molecule has 9 nitrogen and oxygen atoms in total. The predicted octanol–water partition coefficient (Wildman–Crippen LogP) is 3.55. The Bertz CT molecular complexity index is 1250. The van der Waals surface area contributed by atoms with E-state index in [0.717, 1.165) is 16.8 Å². The first-order chi connectivity index (χ1) is 17.2. The molecule has 1 amide bonds. The Labute approximate surface area is 208 Å². The van der Waals surface area contributed by atoms with Crippen LogP contribution >= 0.6 is 0 Å². The number of halogens is 1. The number of carbonyl (C=O) groups is 1. The fourth-order valence-electron chi connectivity index (χ4n) is 3.85. The normalized spacial score (nSPS) is 14.7. The maximum absolute atomic E-state index is 14.3. The first-order valence-electron chi connectivity index (χ1n) is 11.5. The van der Waals surface area contributed by atoms with Crippen LogP contribution in [0.3, 0.4) is 0 Å². The van der Waals surface area contributed by atoms with Crippen molar-refractivity contribution in [1.29, 1.82) is 0 Å². The SMILES string of the molecule is COC1(c2cc(-c3cc(NC(=O)c4ccnc(C(C)(C)F)c4)cnc3C)cnc2OCCO)COC1. The van der Waals surface area contributed by atoms with Crippen molar-refractivity contribution in [2.75, 3.05) is 38.9 Å². The topological polar surface area (TPSA) is 116 Å². The predicted molar refractivity (Wildman–Crippen MR) is 131 cm³/mol. The van der Waals surface area contributed by atoms with Gasteiger partial charge < -0.3 is 24.6 Å². The molecular weight excluding hydrogens is 467 g/mol. The molecule has 4 rings (SSSR count). The van der Waals surface area contributed by atoms with Gasteiger partial charge in [-0.1, -0.05) is 0 Å². The van der Waals surface area contributed by atoms with Gasteiger partial charge in [-0.3, -0.25) is 14.8 Å². The fourth-order valence-corrected chi connectivity index (χ4v) is 3.85. The average molecular weight is 497 g/mol. The second-order valence-electron chi connectivity index (χ2n) is 9.05. The molecule has 0 spiro atoms. The molecule has 190 valence electrons. The number of ether oxygens (including phenoxy) is 3. The second-order valence-corrected chi connectivity index (χ2v) is 9.05.